The molecule has 1 atom stereocenters. The van der Waals surface area contributed by atoms with Gasteiger partial charge in [-0.1, -0.05) is 15.9 Å². The monoisotopic (exact) mass is 318 g/mol. The smallest absolute Gasteiger partial charge is 0.236 e. The lowest BCUT2D eigenvalue weighted by atomic mass is 9.96. The zero-order valence-corrected chi connectivity index (χ0v) is 12.7. The van der Waals surface area contributed by atoms with Gasteiger partial charge in [-0.3, -0.25) is 9.69 Å². The van der Waals surface area contributed by atoms with Gasteiger partial charge in [-0.15, -0.1) is 0 Å². The van der Waals surface area contributed by atoms with E-state index in [1.807, 2.05) is 11.8 Å². The summed E-state index contributed by atoms with van der Waals surface area (Å²) in [7, 11) is 0. The maximum absolute atomic E-state index is 11.8. The summed E-state index contributed by atoms with van der Waals surface area (Å²) >= 11 is 3.36. The molecule has 2 aliphatic rings. The number of amides is 1. The first-order valence-corrected chi connectivity index (χ1v) is 7.81. The van der Waals surface area contributed by atoms with E-state index >= 15 is 0 Å². The molecule has 1 amide bonds. The Hall–Kier alpha value is -0.130. The van der Waals surface area contributed by atoms with Crippen LogP contribution in [-0.4, -0.2) is 66.5 Å². The molecular formula is C13H23BrN2O2. The standard InChI is InChI=1S/C13H23BrN2O2/c1-11(14)13(17)16-4-2-12(3-5-16)10-15-6-8-18-9-7-15/h11-12H,2-10H2,1H3. The molecular weight excluding hydrogens is 296 g/mol. The molecule has 2 fully saturated rings. The van der Waals surface area contributed by atoms with Gasteiger partial charge in [0.05, 0.1) is 18.0 Å². The zero-order chi connectivity index (χ0) is 13.0. The summed E-state index contributed by atoms with van der Waals surface area (Å²) < 4.78 is 5.36. The van der Waals surface area contributed by atoms with E-state index in [1.54, 1.807) is 0 Å². The van der Waals surface area contributed by atoms with Crippen molar-refractivity contribution in [3.05, 3.63) is 0 Å². The molecule has 2 aliphatic heterocycles. The highest BCUT2D eigenvalue weighted by Gasteiger charge is 2.26. The molecule has 0 aromatic heterocycles. The second kappa shape index (κ2) is 6.87. The first-order chi connectivity index (χ1) is 8.66. The largest absolute Gasteiger partial charge is 0.379 e. The van der Waals surface area contributed by atoms with Crippen molar-refractivity contribution in [3.8, 4) is 0 Å². The predicted molar refractivity (Wildman–Crippen MR) is 75.0 cm³/mol. The van der Waals surface area contributed by atoms with Crippen molar-refractivity contribution < 1.29 is 9.53 Å². The van der Waals surface area contributed by atoms with Gasteiger partial charge in [0.25, 0.3) is 0 Å². The van der Waals surface area contributed by atoms with Gasteiger partial charge in [-0.25, -0.2) is 0 Å². The second-order valence-electron chi connectivity index (χ2n) is 5.30. The van der Waals surface area contributed by atoms with Gasteiger partial charge in [-0.2, -0.15) is 0 Å². The van der Waals surface area contributed by atoms with Crippen molar-refractivity contribution in [2.75, 3.05) is 45.9 Å². The van der Waals surface area contributed by atoms with E-state index in [9.17, 15) is 4.79 Å². The summed E-state index contributed by atoms with van der Waals surface area (Å²) in [5.74, 6) is 0.984. The van der Waals surface area contributed by atoms with Crippen LogP contribution in [0.5, 0.6) is 0 Å². The number of nitrogens with zero attached hydrogens (tertiary/aromatic N) is 2. The molecule has 0 radical (unpaired) electrons. The lowest BCUT2D eigenvalue weighted by Crippen LogP contribution is -2.45. The Morgan fingerprint density at radius 1 is 1.28 bits per heavy atom. The minimum atomic E-state index is -0.0479. The molecule has 0 aliphatic carbocycles. The van der Waals surface area contributed by atoms with Crippen molar-refractivity contribution in [2.24, 2.45) is 5.92 Å². The van der Waals surface area contributed by atoms with Crippen molar-refractivity contribution in [1.82, 2.24) is 9.80 Å². The fourth-order valence-electron chi connectivity index (χ4n) is 2.74. The van der Waals surface area contributed by atoms with Crippen molar-refractivity contribution in [1.29, 1.82) is 0 Å². The average molecular weight is 319 g/mol. The molecule has 104 valence electrons. The van der Waals surface area contributed by atoms with Crippen LogP contribution in [0.1, 0.15) is 19.8 Å². The van der Waals surface area contributed by atoms with E-state index in [0.717, 1.165) is 58.2 Å². The van der Waals surface area contributed by atoms with Gasteiger partial charge in [0, 0.05) is 32.7 Å². The van der Waals surface area contributed by atoms with Crippen molar-refractivity contribution in [2.45, 2.75) is 24.6 Å². The Balaban J connectivity index is 1.71. The summed E-state index contributed by atoms with van der Waals surface area (Å²) in [6, 6.07) is 0. The fraction of sp³-hybridized carbons (Fsp3) is 0.923. The second-order valence-corrected chi connectivity index (χ2v) is 6.67. The topological polar surface area (TPSA) is 32.8 Å². The lowest BCUT2D eigenvalue weighted by molar-refractivity contribution is -0.131. The van der Waals surface area contributed by atoms with Gasteiger partial charge < -0.3 is 9.64 Å². The van der Waals surface area contributed by atoms with E-state index in [-0.39, 0.29) is 10.7 Å². The van der Waals surface area contributed by atoms with Gasteiger partial charge in [0.2, 0.25) is 5.91 Å². The molecule has 4 nitrogen and oxygen atoms in total. The first-order valence-electron chi connectivity index (χ1n) is 6.90. The molecule has 2 rings (SSSR count). The zero-order valence-electron chi connectivity index (χ0n) is 11.1. The molecule has 0 aromatic carbocycles. The van der Waals surface area contributed by atoms with E-state index in [0.29, 0.717) is 0 Å². The molecule has 1 unspecified atom stereocenters. The Kier molecular flexibility index (Phi) is 5.45. The highest BCUT2D eigenvalue weighted by Crippen LogP contribution is 2.20. The molecule has 0 bridgehead atoms. The number of piperidine rings is 1. The van der Waals surface area contributed by atoms with Crippen LogP contribution in [0.25, 0.3) is 0 Å². The molecule has 0 N–H and O–H groups in total. The van der Waals surface area contributed by atoms with Crippen LogP contribution < -0.4 is 0 Å². The third-order valence-electron chi connectivity index (χ3n) is 3.89. The van der Waals surface area contributed by atoms with Gasteiger partial charge in [-0.05, 0) is 25.7 Å². The maximum Gasteiger partial charge on any atom is 0.236 e. The summed E-state index contributed by atoms with van der Waals surface area (Å²) in [6.45, 7) is 8.80. The van der Waals surface area contributed by atoms with E-state index < -0.39 is 0 Å². The van der Waals surface area contributed by atoms with Gasteiger partial charge in [0.1, 0.15) is 0 Å². The Morgan fingerprint density at radius 2 is 1.89 bits per heavy atom. The van der Waals surface area contributed by atoms with E-state index in [4.69, 9.17) is 4.74 Å². The molecule has 0 saturated carbocycles. The van der Waals surface area contributed by atoms with Crippen LogP contribution in [0.2, 0.25) is 0 Å². The van der Waals surface area contributed by atoms with Crippen LogP contribution in [0.4, 0.5) is 0 Å². The fourth-order valence-corrected chi connectivity index (χ4v) is 3.03. The number of halogens is 1. The first kappa shape index (κ1) is 14.3. The van der Waals surface area contributed by atoms with Crippen molar-refractivity contribution >= 4 is 21.8 Å². The molecule has 2 heterocycles. The maximum atomic E-state index is 11.8. The summed E-state index contributed by atoms with van der Waals surface area (Å²) in [5.41, 5.74) is 0. The van der Waals surface area contributed by atoms with E-state index in [1.165, 1.54) is 6.54 Å². The number of hydrogen-bond acceptors (Lipinski definition) is 3. The van der Waals surface area contributed by atoms with Crippen LogP contribution >= 0.6 is 15.9 Å². The number of carbonyl (C=O) groups excluding carboxylic acids is 1. The van der Waals surface area contributed by atoms with Gasteiger partial charge in [0.15, 0.2) is 0 Å². The third kappa shape index (κ3) is 3.93. The molecule has 5 heteroatoms. The Bertz CT molecular complexity index is 272. The average Bonchev–Trinajstić information content (AvgIpc) is 2.40. The van der Waals surface area contributed by atoms with Crippen LogP contribution in [0.3, 0.4) is 0 Å². The number of carbonyl (C=O) groups is 1. The minimum absolute atomic E-state index is 0.0479. The number of likely N-dealkylation sites (tertiary alicyclic amines) is 1. The van der Waals surface area contributed by atoms with Crippen molar-refractivity contribution in [3.63, 3.8) is 0 Å². The Morgan fingerprint density at radius 3 is 2.44 bits per heavy atom. The van der Waals surface area contributed by atoms with Crippen LogP contribution in [-0.2, 0) is 9.53 Å². The quantitative estimate of drug-likeness (QED) is 0.736. The Labute approximate surface area is 118 Å². The number of ether oxygens (including phenoxy) is 1. The number of alkyl halides is 1. The number of hydrogen-bond donors (Lipinski definition) is 0. The summed E-state index contributed by atoms with van der Waals surface area (Å²) in [4.78, 5) is 16.3. The van der Waals surface area contributed by atoms with E-state index in [2.05, 4.69) is 20.8 Å². The third-order valence-corrected chi connectivity index (χ3v) is 4.28. The summed E-state index contributed by atoms with van der Waals surface area (Å²) in [5, 5.41) is 0. The number of morpholine rings is 1. The van der Waals surface area contributed by atoms with Crippen LogP contribution in [0, 0.1) is 5.92 Å². The molecule has 0 spiro atoms. The highest BCUT2D eigenvalue weighted by atomic mass is 79.9. The van der Waals surface area contributed by atoms with Gasteiger partial charge >= 0.3 is 0 Å². The lowest BCUT2D eigenvalue weighted by Gasteiger charge is -2.36. The molecule has 2 saturated heterocycles. The highest BCUT2D eigenvalue weighted by molar-refractivity contribution is 9.10. The number of rotatable bonds is 3. The molecule has 18 heavy (non-hydrogen) atoms. The normalized spacial score (nSPS) is 25.1. The predicted octanol–water partition coefficient (Wildman–Crippen LogP) is 1.34. The summed E-state index contributed by atoms with van der Waals surface area (Å²) in [6.07, 6.45) is 2.28. The SMILES string of the molecule is CC(Br)C(=O)N1CCC(CN2CCOCC2)CC1. The van der Waals surface area contributed by atoms with Crippen LogP contribution in [0.15, 0.2) is 0 Å². The minimum Gasteiger partial charge on any atom is -0.379 e. The molecule has 0 aromatic rings.